The summed E-state index contributed by atoms with van der Waals surface area (Å²) in [6.07, 6.45) is 4.53. The number of carboxylic acids is 1. The number of aliphatic carboxylic acids is 1. The molecule has 2 N–H and O–H groups in total. The van der Waals surface area contributed by atoms with E-state index in [4.69, 9.17) is 9.84 Å². The van der Waals surface area contributed by atoms with Crippen molar-refractivity contribution in [3.05, 3.63) is 24.3 Å². The zero-order valence-corrected chi connectivity index (χ0v) is 17.2. The summed E-state index contributed by atoms with van der Waals surface area (Å²) in [5.74, 6) is -1.80. The Bertz CT molecular complexity index is 703. The van der Waals surface area contributed by atoms with Gasteiger partial charge in [-0.25, -0.2) is 9.59 Å². The monoisotopic (exact) mass is 423 g/mol. The summed E-state index contributed by atoms with van der Waals surface area (Å²) < 4.78 is 4.72. The number of likely N-dealkylation sites (tertiary alicyclic amines) is 2. The maximum Gasteiger partial charge on any atom is 0.331 e. The minimum atomic E-state index is -1.20. The summed E-state index contributed by atoms with van der Waals surface area (Å²) >= 11 is 0. The normalized spacial score (nSPS) is 15.8. The molecule has 0 unspecified atom stereocenters. The van der Waals surface area contributed by atoms with Gasteiger partial charge in [0.05, 0.1) is 6.54 Å². The lowest BCUT2D eigenvalue weighted by Crippen LogP contribution is -2.35. The molecule has 3 amide bonds. The number of carbonyl (C=O) groups is 5. The third-order valence-corrected chi connectivity index (χ3v) is 4.37. The first-order valence-corrected chi connectivity index (χ1v) is 9.77. The summed E-state index contributed by atoms with van der Waals surface area (Å²) in [4.78, 5) is 57.8. The van der Waals surface area contributed by atoms with E-state index in [9.17, 15) is 24.0 Å². The van der Waals surface area contributed by atoms with Crippen LogP contribution in [0, 0.1) is 0 Å². The van der Waals surface area contributed by atoms with E-state index in [1.807, 2.05) is 0 Å². The van der Waals surface area contributed by atoms with E-state index < -0.39 is 11.9 Å². The molecule has 0 atom stereocenters. The fourth-order valence-corrected chi connectivity index (χ4v) is 2.78. The van der Waals surface area contributed by atoms with Gasteiger partial charge in [0.15, 0.2) is 0 Å². The number of carboxylic acid groups (broad SMARTS) is 1. The van der Waals surface area contributed by atoms with Crippen molar-refractivity contribution in [3.63, 3.8) is 0 Å². The highest BCUT2D eigenvalue weighted by Gasteiger charge is 2.20. The van der Waals surface area contributed by atoms with E-state index in [-0.39, 0.29) is 24.3 Å². The Kier molecular flexibility index (Phi) is 10.9. The average Bonchev–Trinajstić information content (AvgIpc) is 3.28. The van der Waals surface area contributed by atoms with Crippen molar-refractivity contribution in [2.75, 3.05) is 39.3 Å². The van der Waals surface area contributed by atoms with Gasteiger partial charge in [0, 0.05) is 56.7 Å². The summed E-state index contributed by atoms with van der Waals surface area (Å²) in [5.41, 5.74) is 0.498. The van der Waals surface area contributed by atoms with Gasteiger partial charge in [-0.05, 0) is 19.8 Å². The van der Waals surface area contributed by atoms with Crippen LogP contribution in [0.5, 0.6) is 0 Å². The molecule has 0 aromatic rings. The Morgan fingerprint density at radius 3 is 2.10 bits per heavy atom. The third-order valence-electron chi connectivity index (χ3n) is 4.37. The van der Waals surface area contributed by atoms with E-state index in [2.05, 4.69) is 11.9 Å². The van der Waals surface area contributed by atoms with Crippen LogP contribution >= 0.6 is 0 Å². The predicted molar refractivity (Wildman–Crippen MR) is 107 cm³/mol. The number of carbonyl (C=O) groups excluding carboxylic acids is 4. The van der Waals surface area contributed by atoms with Crippen LogP contribution in [0.4, 0.5) is 0 Å². The zero-order chi connectivity index (χ0) is 22.5. The lowest BCUT2D eigenvalue weighted by Gasteiger charge is -2.15. The quantitative estimate of drug-likeness (QED) is 0.397. The number of hydrogen-bond acceptors (Lipinski definition) is 6. The highest BCUT2D eigenvalue weighted by Crippen LogP contribution is 2.09. The molecule has 10 heteroatoms. The van der Waals surface area contributed by atoms with Crippen LogP contribution in [-0.2, 0) is 28.7 Å². The molecule has 0 saturated carbocycles. The van der Waals surface area contributed by atoms with E-state index in [0.29, 0.717) is 50.7 Å². The van der Waals surface area contributed by atoms with Gasteiger partial charge in [-0.3, -0.25) is 14.4 Å². The molecule has 10 nitrogen and oxygen atoms in total. The summed E-state index contributed by atoms with van der Waals surface area (Å²) in [5, 5.41) is 10.9. The van der Waals surface area contributed by atoms with Crippen molar-refractivity contribution in [1.82, 2.24) is 15.1 Å². The number of esters is 1. The molecule has 2 fully saturated rings. The third kappa shape index (κ3) is 9.85. The summed E-state index contributed by atoms with van der Waals surface area (Å²) in [7, 11) is 0. The van der Waals surface area contributed by atoms with Gasteiger partial charge >= 0.3 is 11.9 Å². The summed E-state index contributed by atoms with van der Waals surface area (Å²) in [6.45, 7) is 8.29. The highest BCUT2D eigenvalue weighted by atomic mass is 16.5. The topological polar surface area (TPSA) is 133 Å². The van der Waals surface area contributed by atoms with Crippen molar-refractivity contribution < 1.29 is 33.8 Å². The number of rotatable bonds is 9. The van der Waals surface area contributed by atoms with Crippen LogP contribution in [-0.4, -0.2) is 83.9 Å². The van der Waals surface area contributed by atoms with Crippen molar-refractivity contribution in [2.45, 2.75) is 32.6 Å². The van der Waals surface area contributed by atoms with Crippen molar-refractivity contribution in [3.8, 4) is 0 Å². The molecule has 0 bridgehead atoms. The molecule has 2 heterocycles. The van der Waals surface area contributed by atoms with Gasteiger partial charge in [0.25, 0.3) is 0 Å². The van der Waals surface area contributed by atoms with Gasteiger partial charge in [-0.15, -0.1) is 0 Å². The maximum atomic E-state index is 11.2. The van der Waals surface area contributed by atoms with E-state index in [1.165, 1.54) is 0 Å². The van der Waals surface area contributed by atoms with Gasteiger partial charge in [-0.2, -0.15) is 0 Å². The van der Waals surface area contributed by atoms with Crippen LogP contribution in [0.2, 0.25) is 0 Å². The van der Waals surface area contributed by atoms with Crippen LogP contribution in [0.1, 0.15) is 32.6 Å². The number of ether oxygens (including phenoxy) is 1. The Balaban J connectivity index is 0.000000303. The molecule has 0 aromatic heterocycles. The fraction of sp³-hybridized carbons (Fsp3) is 0.550. The Morgan fingerprint density at radius 1 is 1.07 bits per heavy atom. The second-order valence-electron chi connectivity index (χ2n) is 6.84. The van der Waals surface area contributed by atoms with Gasteiger partial charge in [0.2, 0.25) is 17.7 Å². The molecule has 2 aliphatic rings. The first kappa shape index (κ1) is 24.9. The molecule has 0 radical (unpaired) electrons. The smallest absolute Gasteiger partial charge is 0.331 e. The Hall–Kier alpha value is -3.17. The summed E-state index contributed by atoms with van der Waals surface area (Å²) in [6, 6.07) is 0. The lowest BCUT2D eigenvalue weighted by molar-refractivity contribution is -0.140. The zero-order valence-electron chi connectivity index (χ0n) is 17.2. The molecular weight excluding hydrogens is 394 g/mol. The van der Waals surface area contributed by atoms with Crippen LogP contribution in [0.3, 0.4) is 0 Å². The van der Waals surface area contributed by atoms with Crippen LogP contribution in [0.25, 0.3) is 0 Å². The number of nitrogens with one attached hydrogen (secondary N) is 1. The molecular formula is C20H29N3O7. The molecule has 2 rings (SSSR count). The predicted octanol–water partition coefficient (Wildman–Crippen LogP) is 0.0939. The van der Waals surface area contributed by atoms with Gasteiger partial charge in [-0.1, -0.05) is 6.58 Å². The van der Waals surface area contributed by atoms with E-state index >= 15 is 0 Å². The molecule has 0 aliphatic carbocycles. The molecule has 166 valence electrons. The largest absolute Gasteiger partial charge is 0.478 e. The minimum absolute atomic E-state index is 0.0668. The van der Waals surface area contributed by atoms with Crippen molar-refractivity contribution >= 4 is 29.7 Å². The van der Waals surface area contributed by atoms with E-state index in [0.717, 1.165) is 25.5 Å². The molecule has 2 saturated heterocycles. The lowest BCUT2D eigenvalue weighted by atomic mass is 10.3. The van der Waals surface area contributed by atoms with Crippen LogP contribution in [0.15, 0.2) is 24.3 Å². The maximum absolute atomic E-state index is 11.2. The standard InChI is InChI=1S/C10H16N2O2.C10H13NO5/c1-8(2)10(14)11-5-7-12-6-3-4-9(12)13;12-8-2-1-5-11(8)6-7-16-10(15)4-3-9(13)14/h1,3-7H2,2H3,(H,11,14);3-4H,1-2,5-7H2,(H,13,14)/b;4-3-. The second kappa shape index (κ2) is 13.1. The molecule has 2 aliphatic heterocycles. The number of amides is 3. The Labute approximate surface area is 175 Å². The molecule has 30 heavy (non-hydrogen) atoms. The van der Waals surface area contributed by atoms with Crippen molar-refractivity contribution in [1.29, 1.82) is 0 Å². The van der Waals surface area contributed by atoms with Gasteiger partial charge in [0.1, 0.15) is 6.61 Å². The minimum Gasteiger partial charge on any atom is -0.478 e. The number of hydrogen-bond donors (Lipinski definition) is 2. The first-order valence-electron chi connectivity index (χ1n) is 9.77. The van der Waals surface area contributed by atoms with Crippen LogP contribution < -0.4 is 5.32 Å². The SMILES string of the molecule is C=C(C)C(=O)NCCN1CCCC1=O.O=C(O)/C=C\C(=O)OCCN1CCCC1=O. The first-order chi connectivity index (χ1) is 14.2. The fourth-order valence-electron chi connectivity index (χ4n) is 2.78. The molecule has 0 spiro atoms. The highest BCUT2D eigenvalue weighted by molar-refractivity contribution is 5.92. The molecule has 0 aromatic carbocycles. The number of nitrogens with zero attached hydrogens (tertiary/aromatic N) is 2. The Morgan fingerprint density at radius 2 is 1.63 bits per heavy atom. The van der Waals surface area contributed by atoms with Gasteiger partial charge < -0.3 is 25.0 Å². The second-order valence-corrected chi connectivity index (χ2v) is 6.84. The average molecular weight is 423 g/mol. The van der Waals surface area contributed by atoms with Crippen molar-refractivity contribution in [2.24, 2.45) is 0 Å². The van der Waals surface area contributed by atoms with E-state index in [1.54, 1.807) is 16.7 Å².